The largest absolute Gasteiger partial charge is 0.307 e. The van der Waals surface area contributed by atoms with Crippen molar-refractivity contribution in [1.29, 1.82) is 0 Å². The van der Waals surface area contributed by atoms with Gasteiger partial charge in [-0.05, 0) is 25.8 Å². The predicted octanol–water partition coefficient (Wildman–Crippen LogP) is 3.09. The summed E-state index contributed by atoms with van der Waals surface area (Å²) in [4.78, 5) is 11.1. The van der Waals surface area contributed by atoms with Crippen LogP contribution in [0.5, 0.6) is 0 Å². The van der Waals surface area contributed by atoms with E-state index in [-0.39, 0.29) is 11.8 Å². The highest BCUT2D eigenvalue weighted by Gasteiger charge is 2.12. The van der Waals surface area contributed by atoms with E-state index in [1.54, 1.807) is 6.92 Å². The van der Waals surface area contributed by atoms with Gasteiger partial charge in [0.1, 0.15) is 5.78 Å². The Hall–Kier alpha value is -1.15. The molecule has 0 bridgehead atoms. The minimum absolute atomic E-state index is 0.250. The lowest BCUT2D eigenvalue weighted by Gasteiger charge is -2.21. The third kappa shape index (κ3) is 4.15. The third-order valence-corrected chi connectivity index (χ3v) is 2.81. The van der Waals surface area contributed by atoms with Gasteiger partial charge in [0.05, 0.1) is 0 Å². The molecule has 88 valence electrons. The van der Waals surface area contributed by atoms with Crippen molar-refractivity contribution < 1.29 is 4.79 Å². The van der Waals surface area contributed by atoms with E-state index in [4.69, 9.17) is 0 Å². The molecular formula is C14H21NO. The Morgan fingerprint density at radius 2 is 1.94 bits per heavy atom. The molecule has 2 atom stereocenters. The molecule has 16 heavy (non-hydrogen) atoms. The zero-order valence-corrected chi connectivity index (χ0v) is 10.4. The Labute approximate surface area is 98.1 Å². The van der Waals surface area contributed by atoms with Crippen molar-refractivity contribution in [2.45, 2.75) is 45.7 Å². The fourth-order valence-electron chi connectivity index (χ4n) is 1.86. The summed E-state index contributed by atoms with van der Waals surface area (Å²) in [5.41, 5.74) is 1.27. The summed E-state index contributed by atoms with van der Waals surface area (Å²) >= 11 is 0. The zero-order chi connectivity index (χ0) is 12.0. The topological polar surface area (TPSA) is 29.1 Å². The van der Waals surface area contributed by atoms with Crippen LogP contribution in [-0.2, 0) is 4.79 Å². The molecule has 0 saturated heterocycles. The normalized spacial score (nSPS) is 14.4. The maximum absolute atomic E-state index is 11.1. The predicted molar refractivity (Wildman–Crippen MR) is 67.4 cm³/mol. The molecule has 1 aromatic rings. The number of hydrogen-bond acceptors (Lipinski definition) is 2. The molecular weight excluding hydrogens is 198 g/mol. The van der Waals surface area contributed by atoms with Crippen LogP contribution in [0.4, 0.5) is 0 Å². The molecule has 0 amide bonds. The third-order valence-electron chi connectivity index (χ3n) is 2.81. The lowest BCUT2D eigenvalue weighted by atomic mass is 10.0. The van der Waals surface area contributed by atoms with Crippen LogP contribution in [0.25, 0.3) is 0 Å². The van der Waals surface area contributed by atoms with Crippen LogP contribution in [0.15, 0.2) is 30.3 Å². The van der Waals surface area contributed by atoms with Crippen molar-refractivity contribution in [2.24, 2.45) is 0 Å². The van der Waals surface area contributed by atoms with Crippen LogP contribution in [0, 0.1) is 0 Å². The van der Waals surface area contributed by atoms with Crippen molar-refractivity contribution >= 4 is 5.78 Å². The number of hydrogen-bond donors (Lipinski definition) is 1. The molecule has 0 radical (unpaired) electrons. The van der Waals surface area contributed by atoms with Crippen molar-refractivity contribution in [3.63, 3.8) is 0 Å². The number of ketones is 1. The Kier molecular flexibility index (Phi) is 5.20. The van der Waals surface area contributed by atoms with Gasteiger partial charge in [0.15, 0.2) is 0 Å². The minimum Gasteiger partial charge on any atom is -0.307 e. The number of carbonyl (C=O) groups excluding carboxylic acids is 1. The Balaban J connectivity index is 2.55. The van der Waals surface area contributed by atoms with E-state index in [9.17, 15) is 4.79 Å². The first kappa shape index (κ1) is 12.9. The quantitative estimate of drug-likeness (QED) is 0.796. The summed E-state index contributed by atoms with van der Waals surface area (Å²) in [6, 6.07) is 10.9. The lowest BCUT2D eigenvalue weighted by Crippen LogP contribution is -2.32. The van der Waals surface area contributed by atoms with Gasteiger partial charge >= 0.3 is 0 Å². The number of carbonyl (C=O) groups is 1. The smallest absolute Gasteiger partial charge is 0.131 e. The van der Waals surface area contributed by atoms with Crippen molar-refractivity contribution in [3.05, 3.63) is 35.9 Å². The molecule has 0 aliphatic rings. The fourth-order valence-corrected chi connectivity index (χ4v) is 1.86. The average Bonchev–Trinajstić information content (AvgIpc) is 2.28. The molecule has 0 aromatic heterocycles. The molecule has 0 fully saturated rings. The number of benzene rings is 1. The van der Waals surface area contributed by atoms with Crippen LogP contribution in [0.3, 0.4) is 0 Å². The molecule has 1 unspecified atom stereocenters. The van der Waals surface area contributed by atoms with Gasteiger partial charge in [0.2, 0.25) is 0 Å². The van der Waals surface area contributed by atoms with Crippen LogP contribution in [0.2, 0.25) is 0 Å². The summed E-state index contributed by atoms with van der Waals surface area (Å²) in [5.74, 6) is 0.250. The van der Waals surface area contributed by atoms with E-state index >= 15 is 0 Å². The minimum atomic E-state index is 0.250. The molecule has 0 heterocycles. The van der Waals surface area contributed by atoms with Crippen LogP contribution < -0.4 is 5.32 Å². The molecule has 0 aliphatic heterocycles. The number of rotatable bonds is 6. The monoisotopic (exact) mass is 219 g/mol. The second-order valence-corrected chi connectivity index (χ2v) is 4.31. The van der Waals surface area contributed by atoms with Gasteiger partial charge in [-0.2, -0.15) is 0 Å². The summed E-state index contributed by atoms with van der Waals surface area (Å²) in [6.45, 7) is 5.90. The van der Waals surface area contributed by atoms with Gasteiger partial charge in [-0.3, -0.25) is 4.79 Å². The maximum Gasteiger partial charge on any atom is 0.131 e. The number of nitrogens with one attached hydrogen (secondary N) is 1. The summed E-state index contributed by atoms with van der Waals surface area (Å²) in [5, 5.41) is 3.49. The second kappa shape index (κ2) is 6.44. The van der Waals surface area contributed by atoms with Crippen molar-refractivity contribution in [3.8, 4) is 0 Å². The molecule has 2 heteroatoms. The van der Waals surface area contributed by atoms with Gasteiger partial charge < -0.3 is 5.32 Å². The zero-order valence-electron chi connectivity index (χ0n) is 10.4. The van der Waals surface area contributed by atoms with Crippen LogP contribution in [-0.4, -0.2) is 11.8 Å². The molecule has 1 aromatic carbocycles. The lowest BCUT2D eigenvalue weighted by molar-refractivity contribution is -0.117. The molecule has 0 spiro atoms. The van der Waals surface area contributed by atoms with Gasteiger partial charge in [0.25, 0.3) is 0 Å². The van der Waals surface area contributed by atoms with Gasteiger partial charge in [0, 0.05) is 18.5 Å². The highest BCUT2D eigenvalue weighted by Crippen LogP contribution is 2.13. The van der Waals surface area contributed by atoms with E-state index in [0.717, 1.165) is 6.42 Å². The first-order valence-electron chi connectivity index (χ1n) is 5.94. The fraction of sp³-hybridized carbons (Fsp3) is 0.500. The van der Waals surface area contributed by atoms with Crippen molar-refractivity contribution in [1.82, 2.24) is 5.32 Å². The first-order chi connectivity index (χ1) is 7.63. The first-order valence-corrected chi connectivity index (χ1v) is 5.94. The van der Waals surface area contributed by atoms with Gasteiger partial charge in [-0.15, -0.1) is 0 Å². The molecule has 1 rings (SSSR count). The molecule has 2 nitrogen and oxygen atoms in total. The van der Waals surface area contributed by atoms with Crippen molar-refractivity contribution in [2.75, 3.05) is 0 Å². The van der Waals surface area contributed by atoms with E-state index in [1.807, 2.05) is 18.2 Å². The highest BCUT2D eigenvalue weighted by molar-refractivity contribution is 5.76. The SMILES string of the molecule is CCC(CC(C)=O)N[C@@H](C)c1ccccc1. The highest BCUT2D eigenvalue weighted by atomic mass is 16.1. The Bertz CT molecular complexity index is 321. The van der Waals surface area contributed by atoms with E-state index in [1.165, 1.54) is 5.56 Å². The van der Waals surface area contributed by atoms with E-state index in [2.05, 4.69) is 31.3 Å². The Morgan fingerprint density at radius 1 is 1.31 bits per heavy atom. The summed E-state index contributed by atoms with van der Waals surface area (Å²) in [7, 11) is 0. The molecule has 1 N–H and O–H groups in total. The van der Waals surface area contributed by atoms with E-state index < -0.39 is 0 Å². The van der Waals surface area contributed by atoms with E-state index in [0.29, 0.717) is 12.5 Å². The van der Waals surface area contributed by atoms with Gasteiger partial charge in [-0.1, -0.05) is 37.3 Å². The standard InChI is InChI=1S/C14H21NO/c1-4-14(10-11(2)16)15-12(3)13-8-6-5-7-9-13/h5-9,12,14-15H,4,10H2,1-3H3/t12-,14?/m0/s1. The summed E-state index contributed by atoms with van der Waals surface area (Å²) < 4.78 is 0. The second-order valence-electron chi connectivity index (χ2n) is 4.31. The average molecular weight is 219 g/mol. The Morgan fingerprint density at radius 3 is 2.44 bits per heavy atom. The molecule has 0 aliphatic carbocycles. The molecule has 0 saturated carbocycles. The van der Waals surface area contributed by atoms with Crippen LogP contribution >= 0.6 is 0 Å². The maximum atomic E-state index is 11.1. The van der Waals surface area contributed by atoms with Crippen LogP contribution in [0.1, 0.15) is 45.2 Å². The number of Topliss-reactive ketones (excluding diaryl/α,β-unsaturated/α-hetero) is 1. The van der Waals surface area contributed by atoms with Gasteiger partial charge in [-0.25, -0.2) is 0 Å². The summed E-state index contributed by atoms with van der Waals surface area (Å²) in [6.07, 6.45) is 1.60.